The number of halogens is 1. The van der Waals surface area contributed by atoms with Crippen molar-refractivity contribution in [2.75, 3.05) is 5.32 Å². The van der Waals surface area contributed by atoms with E-state index in [1.165, 1.54) is 17.4 Å². The molecule has 0 aliphatic heterocycles. The smallest absolute Gasteiger partial charge is 0.275 e. The molecule has 0 radical (unpaired) electrons. The van der Waals surface area contributed by atoms with E-state index < -0.39 is 0 Å². The molecule has 1 N–H and O–H groups in total. The number of hydrogen-bond donors (Lipinski definition) is 1. The Balaban J connectivity index is 2.15. The summed E-state index contributed by atoms with van der Waals surface area (Å²) in [4.78, 5) is 15.4. The molecule has 1 amide bonds. The van der Waals surface area contributed by atoms with Crippen molar-refractivity contribution in [3.8, 4) is 0 Å². The molecular formula is C11H9FN2OS. The van der Waals surface area contributed by atoms with Crippen LogP contribution in [-0.4, -0.2) is 10.9 Å². The Kier molecular flexibility index (Phi) is 2.96. The second-order valence-electron chi connectivity index (χ2n) is 3.29. The highest BCUT2D eigenvalue weighted by Gasteiger charge is 2.08. The van der Waals surface area contributed by atoms with E-state index in [0.29, 0.717) is 16.9 Å². The van der Waals surface area contributed by atoms with Crippen molar-refractivity contribution in [3.63, 3.8) is 0 Å². The highest BCUT2D eigenvalue weighted by atomic mass is 32.1. The molecule has 0 bridgehead atoms. The Morgan fingerprint density at radius 2 is 2.31 bits per heavy atom. The number of rotatable bonds is 2. The molecule has 0 saturated heterocycles. The van der Waals surface area contributed by atoms with Crippen LogP contribution in [-0.2, 0) is 0 Å². The van der Waals surface area contributed by atoms with Gasteiger partial charge in [0.15, 0.2) is 0 Å². The fourth-order valence-electron chi connectivity index (χ4n) is 1.19. The summed E-state index contributed by atoms with van der Waals surface area (Å²) in [7, 11) is 0. The van der Waals surface area contributed by atoms with Crippen molar-refractivity contribution in [2.45, 2.75) is 6.92 Å². The summed E-state index contributed by atoms with van der Waals surface area (Å²) >= 11 is 1.34. The predicted octanol–water partition coefficient (Wildman–Crippen LogP) is 2.84. The number of hydrogen-bond acceptors (Lipinski definition) is 3. The molecule has 0 aliphatic rings. The lowest BCUT2D eigenvalue weighted by Crippen LogP contribution is -2.12. The number of carbonyl (C=O) groups excluding carboxylic acids is 1. The minimum absolute atomic E-state index is 0.329. The van der Waals surface area contributed by atoms with E-state index in [0.717, 1.165) is 0 Å². The van der Waals surface area contributed by atoms with Gasteiger partial charge in [-0.3, -0.25) is 4.79 Å². The molecule has 1 aromatic heterocycles. The molecule has 2 aromatic rings. The molecular weight excluding hydrogens is 227 g/mol. The first-order valence-corrected chi connectivity index (χ1v) is 5.57. The van der Waals surface area contributed by atoms with Gasteiger partial charge in [-0.25, -0.2) is 9.37 Å². The summed E-state index contributed by atoms with van der Waals surface area (Å²) in [5.41, 5.74) is 2.89. The molecule has 1 aromatic carbocycles. The maximum Gasteiger partial charge on any atom is 0.275 e. The van der Waals surface area contributed by atoms with Crippen LogP contribution in [0.2, 0.25) is 0 Å². The standard InChI is InChI=1S/C11H9FN2OS/c1-7-2-3-8(4-9(7)12)14-11(15)10-5-16-6-13-10/h2-6H,1H3,(H,14,15). The van der Waals surface area contributed by atoms with Gasteiger partial charge in [0, 0.05) is 11.1 Å². The second kappa shape index (κ2) is 4.40. The summed E-state index contributed by atoms with van der Waals surface area (Å²) < 4.78 is 13.2. The first kappa shape index (κ1) is 10.8. The normalized spacial score (nSPS) is 10.1. The quantitative estimate of drug-likeness (QED) is 0.871. The predicted molar refractivity (Wildman–Crippen MR) is 61.2 cm³/mol. The SMILES string of the molecule is Cc1ccc(NC(=O)c2cscn2)cc1F. The molecule has 1 heterocycles. The summed E-state index contributed by atoms with van der Waals surface area (Å²) in [6.45, 7) is 1.67. The van der Waals surface area contributed by atoms with Gasteiger partial charge in [-0.1, -0.05) is 6.07 Å². The fourth-order valence-corrected chi connectivity index (χ4v) is 1.72. The van der Waals surface area contributed by atoms with Gasteiger partial charge in [0.2, 0.25) is 0 Å². The third kappa shape index (κ3) is 2.25. The number of benzene rings is 1. The summed E-state index contributed by atoms with van der Waals surface area (Å²) in [5.74, 6) is -0.666. The van der Waals surface area contributed by atoms with Gasteiger partial charge in [0.05, 0.1) is 5.51 Å². The van der Waals surface area contributed by atoms with Crippen LogP contribution in [0.1, 0.15) is 16.1 Å². The van der Waals surface area contributed by atoms with E-state index in [-0.39, 0.29) is 11.7 Å². The zero-order valence-corrected chi connectivity index (χ0v) is 9.34. The lowest BCUT2D eigenvalue weighted by molar-refractivity contribution is 0.102. The van der Waals surface area contributed by atoms with E-state index in [9.17, 15) is 9.18 Å². The van der Waals surface area contributed by atoms with Gasteiger partial charge >= 0.3 is 0 Å². The molecule has 0 spiro atoms. The maximum absolute atomic E-state index is 13.2. The minimum atomic E-state index is -0.337. The van der Waals surface area contributed by atoms with Crippen LogP contribution in [0.3, 0.4) is 0 Å². The Morgan fingerprint density at radius 3 is 2.94 bits per heavy atom. The minimum Gasteiger partial charge on any atom is -0.321 e. The molecule has 2 rings (SSSR count). The van der Waals surface area contributed by atoms with Crippen molar-refractivity contribution in [3.05, 3.63) is 46.2 Å². The lowest BCUT2D eigenvalue weighted by atomic mass is 10.2. The van der Waals surface area contributed by atoms with E-state index >= 15 is 0 Å². The molecule has 0 unspecified atom stereocenters. The molecule has 0 aliphatic carbocycles. The molecule has 5 heteroatoms. The number of thiazole rings is 1. The topological polar surface area (TPSA) is 42.0 Å². The van der Waals surface area contributed by atoms with Crippen LogP contribution in [0.5, 0.6) is 0 Å². The van der Waals surface area contributed by atoms with Crippen molar-refractivity contribution >= 4 is 22.9 Å². The molecule has 0 fully saturated rings. The zero-order valence-electron chi connectivity index (χ0n) is 8.53. The number of anilines is 1. The Hall–Kier alpha value is -1.75. The van der Waals surface area contributed by atoms with E-state index in [2.05, 4.69) is 10.3 Å². The van der Waals surface area contributed by atoms with E-state index in [1.807, 2.05) is 0 Å². The number of nitrogens with one attached hydrogen (secondary N) is 1. The van der Waals surface area contributed by atoms with Crippen molar-refractivity contribution in [2.24, 2.45) is 0 Å². The van der Waals surface area contributed by atoms with Gasteiger partial charge in [0.1, 0.15) is 11.5 Å². The number of aryl methyl sites for hydroxylation is 1. The molecule has 0 atom stereocenters. The summed E-state index contributed by atoms with van der Waals surface area (Å²) in [6, 6.07) is 4.56. The van der Waals surface area contributed by atoms with Crippen LogP contribution in [0, 0.1) is 12.7 Å². The first-order chi connectivity index (χ1) is 7.66. The average Bonchev–Trinajstić information content (AvgIpc) is 2.77. The number of amides is 1. The van der Waals surface area contributed by atoms with E-state index in [4.69, 9.17) is 0 Å². The number of aromatic nitrogens is 1. The van der Waals surface area contributed by atoms with Crippen LogP contribution in [0.4, 0.5) is 10.1 Å². The van der Waals surface area contributed by atoms with Crippen molar-refractivity contribution in [1.29, 1.82) is 0 Å². The summed E-state index contributed by atoms with van der Waals surface area (Å²) in [5, 5.41) is 4.22. The molecule has 82 valence electrons. The number of carbonyl (C=O) groups is 1. The van der Waals surface area contributed by atoms with Crippen LogP contribution in [0.15, 0.2) is 29.1 Å². The zero-order chi connectivity index (χ0) is 11.5. The molecule has 3 nitrogen and oxygen atoms in total. The third-order valence-electron chi connectivity index (χ3n) is 2.09. The highest BCUT2D eigenvalue weighted by molar-refractivity contribution is 7.07. The third-order valence-corrected chi connectivity index (χ3v) is 2.68. The highest BCUT2D eigenvalue weighted by Crippen LogP contribution is 2.14. The molecule has 16 heavy (non-hydrogen) atoms. The van der Waals surface area contributed by atoms with Gasteiger partial charge in [-0.15, -0.1) is 11.3 Å². The Labute approximate surface area is 96.0 Å². The number of nitrogens with zero attached hydrogens (tertiary/aromatic N) is 1. The summed E-state index contributed by atoms with van der Waals surface area (Å²) in [6.07, 6.45) is 0. The molecule has 0 saturated carbocycles. The van der Waals surface area contributed by atoms with Crippen molar-refractivity contribution in [1.82, 2.24) is 4.98 Å². The fraction of sp³-hybridized carbons (Fsp3) is 0.0909. The Morgan fingerprint density at radius 1 is 1.50 bits per heavy atom. The monoisotopic (exact) mass is 236 g/mol. The first-order valence-electron chi connectivity index (χ1n) is 4.62. The van der Waals surface area contributed by atoms with Crippen molar-refractivity contribution < 1.29 is 9.18 Å². The van der Waals surface area contributed by atoms with Gasteiger partial charge < -0.3 is 5.32 Å². The lowest BCUT2D eigenvalue weighted by Gasteiger charge is -2.04. The van der Waals surface area contributed by atoms with E-state index in [1.54, 1.807) is 29.9 Å². The second-order valence-corrected chi connectivity index (χ2v) is 4.01. The van der Waals surface area contributed by atoms with Gasteiger partial charge in [0.25, 0.3) is 5.91 Å². The average molecular weight is 236 g/mol. The van der Waals surface area contributed by atoms with Gasteiger partial charge in [-0.05, 0) is 24.6 Å². The maximum atomic E-state index is 13.2. The van der Waals surface area contributed by atoms with Crippen LogP contribution < -0.4 is 5.32 Å². The van der Waals surface area contributed by atoms with Crippen LogP contribution >= 0.6 is 11.3 Å². The van der Waals surface area contributed by atoms with Crippen LogP contribution in [0.25, 0.3) is 0 Å². The largest absolute Gasteiger partial charge is 0.321 e. The Bertz CT molecular complexity index is 511. The van der Waals surface area contributed by atoms with Gasteiger partial charge in [-0.2, -0.15) is 0 Å².